The number of hydrogen-bond acceptors (Lipinski definition) is 3. The van der Waals surface area contributed by atoms with E-state index in [2.05, 4.69) is 4.98 Å². The first-order chi connectivity index (χ1) is 9.34. The second-order valence-electron chi connectivity index (χ2n) is 5.93. The molecule has 2 N–H and O–H groups in total. The lowest BCUT2D eigenvalue weighted by Gasteiger charge is -2.37. The highest BCUT2D eigenvalue weighted by Crippen LogP contribution is 2.38. The SMILES string of the molecule is Cc1cc(C(F)(F)F)cc(N2C[C@H]3CC[C@@H](C2)C3N)n1.Cl.Cl. The molecule has 1 aliphatic heterocycles. The number of pyridine rings is 1. The Bertz CT molecular complexity index is 511. The van der Waals surface area contributed by atoms with Gasteiger partial charge in [0.05, 0.1) is 5.56 Å². The number of halogens is 5. The predicted octanol–water partition coefficient (Wildman–Crippen LogP) is 3.43. The normalized spacial score (nSPS) is 27.1. The van der Waals surface area contributed by atoms with Crippen molar-refractivity contribution >= 4 is 30.6 Å². The Hall–Kier alpha value is -0.720. The lowest BCUT2D eigenvalue weighted by Crippen LogP contribution is -2.49. The van der Waals surface area contributed by atoms with Crippen molar-refractivity contribution < 1.29 is 13.2 Å². The molecule has 1 saturated carbocycles. The Morgan fingerprint density at radius 2 is 1.68 bits per heavy atom. The number of aromatic nitrogens is 1. The lowest BCUT2D eigenvalue weighted by molar-refractivity contribution is -0.137. The first-order valence-corrected chi connectivity index (χ1v) is 6.91. The maximum Gasteiger partial charge on any atom is 0.416 e. The molecule has 1 aliphatic carbocycles. The highest BCUT2D eigenvalue weighted by atomic mass is 35.5. The molecule has 1 aromatic heterocycles. The van der Waals surface area contributed by atoms with E-state index in [0.717, 1.165) is 25.0 Å². The van der Waals surface area contributed by atoms with Crippen molar-refractivity contribution in [3.8, 4) is 0 Å². The van der Waals surface area contributed by atoms with E-state index >= 15 is 0 Å². The molecule has 8 heteroatoms. The van der Waals surface area contributed by atoms with Gasteiger partial charge in [-0.25, -0.2) is 4.98 Å². The molecule has 126 valence electrons. The van der Waals surface area contributed by atoms with Gasteiger partial charge in [0.25, 0.3) is 0 Å². The van der Waals surface area contributed by atoms with Crippen molar-refractivity contribution in [3.63, 3.8) is 0 Å². The molecule has 2 aliphatic rings. The number of aryl methyl sites for hydroxylation is 1. The van der Waals surface area contributed by atoms with Crippen molar-refractivity contribution in [2.24, 2.45) is 17.6 Å². The third kappa shape index (κ3) is 3.60. The van der Waals surface area contributed by atoms with E-state index in [4.69, 9.17) is 5.73 Å². The van der Waals surface area contributed by atoms with E-state index in [1.54, 1.807) is 6.92 Å². The summed E-state index contributed by atoms with van der Waals surface area (Å²) < 4.78 is 38.6. The molecule has 1 unspecified atom stereocenters. The smallest absolute Gasteiger partial charge is 0.356 e. The van der Waals surface area contributed by atoms with Crippen molar-refractivity contribution in [1.82, 2.24) is 4.98 Å². The molecule has 0 aromatic carbocycles. The minimum absolute atomic E-state index is 0. The topological polar surface area (TPSA) is 42.1 Å². The summed E-state index contributed by atoms with van der Waals surface area (Å²) in [6, 6.07) is 2.44. The summed E-state index contributed by atoms with van der Waals surface area (Å²) in [7, 11) is 0. The van der Waals surface area contributed by atoms with Crippen LogP contribution in [0.2, 0.25) is 0 Å². The average Bonchev–Trinajstić information content (AvgIpc) is 2.60. The molecular weight excluding hydrogens is 338 g/mol. The van der Waals surface area contributed by atoms with Gasteiger partial charge < -0.3 is 10.6 Å². The average molecular weight is 358 g/mol. The van der Waals surface area contributed by atoms with Gasteiger partial charge in [-0.1, -0.05) is 0 Å². The number of rotatable bonds is 1. The number of nitrogens with two attached hydrogens (primary N) is 1. The van der Waals surface area contributed by atoms with Crippen molar-refractivity contribution in [2.45, 2.75) is 32.0 Å². The zero-order chi connectivity index (χ0) is 14.5. The van der Waals surface area contributed by atoms with Crippen LogP contribution in [0.4, 0.5) is 19.0 Å². The van der Waals surface area contributed by atoms with Crippen molar-refractivity contribution in [3.05, 3.63) is 23.4 Å². The van der Waals surface area contributed by atoms with Crippen molar-refractivity contribution in [1.29, 1.82) is 0 Å². The fourth-order valence-electron chi connectivity index (χ4n) is 3.43. The van der Waals surface area contributed by atoms with Gasteiger partial charge in [-0.15, -0.1) is 24.8 Å². The van der Waals surface area contributed by atoms with Crippen LogP contribution in [-0.2, 0) is 6.18 Å². The number of piperidine rings is 1. The second-order valence-corrected chi connectivity index (χ2v) is 5.93. The highest BCUT2D eigenvalue weighted by molar-refractivity contribution is 5.85. The molecule has 0 amide bonds. The molecule has 3 atom stereocenters. The number of fused-ring (bicyclic) bond motifs is 2. The van der Waals surface area contributed by atoms with Crippen LogP contribution in [0.1, 0.15) is 24.1 Å². The zero-order valence-electron chi connectivity index (χ0n) is 12.1. The van der Waals surface area contributed by atoms with Crippen LogP contribution in [0, 0.1) is 18.8 Å². The van der Waals surface area contributed by atoms with Crippen LogP contribution in [0.25, 0.3) is 0 Å². The van der Waals surface area contributed by atoms with E-state index < -0.39 is 11.7 Å². The Kier molecular flexibility index (Phi) is 5.98. The Balaban J connectivity index is 0.00000121. The first-order valence-electron chi connectivity index (χ1n) is 6.91. The summed E-state index contributed by atoms with van der Waals surface area (Å²) in [4.78, 5) is 6.24. The van der Waals surface area contributed by atoms with Gasteiger partial charge in [-0.2, -0.15) is 13.2 Å². The quantitative estimate of drug-likeness (QED) is 0.837. The monoisotopic (exact) mass is 357 g/mol. The van der Waals surface area contributed by atoms with E-state index in [0.29, 0.717) is 36.4 Å². The minimum Gasteiger partial charge on any atom is -0.356 e. The summed E-state index contributed by atoms with van der Waals surface area (Å²) in [5.41, 5.74) is 5.90. The van der Waals surface area contributed by atoms with E-state index in [1.165, 1.54) is 0 Å². The molecule has 2 bridgehead atoms. The van der Waals surface area contributed by atoms with E-state index in [-0.39, 0.29) is 30.9 Å². The maximum absolute atomic E-state index is 12.9. The molecule has 0 radical (unpaired) electrons. The summed E-state index contributed by atoms with van der Waals surface area (Å²) in [6.45, 7) is 3.03. The van der Waals surface area contributed by atoms with Crippen LogP contribution < -0.4 is 10.6 Å². The fraction of sp³-hybridized carbons (Fsp3) is 0.643. The van der Waals surface area contributed by atoms with Gasteiger partial charge in [-0.05, 0) is 43.7 Å². The molecular formula is C14H20Cl2F3N3. The van der Waals surface area contributed by atoms with Crippen LogP contribution >= 0.6 is 24.8 Å². The molecule has 3 nitrogen and oxygen atoms in total. The Labute approximate surface area is 140 Å². The molecule has 1 saturated heterocycles. The van der Waals surface area contributed by atoms with Gasteiger partial charge in [0, 0.05) is 24.8 Å². The molecule has 0 spiro atoms. The standard InChI is InChI=1S/C14H18F3N3.2ClH/c1-8-4-11(14(15,16)17)5-12(19-8)20-6-9-2-3-10(7-20)13(9)18;;/h4-5,9-10,13H,2-3,6-7,18H2,1H3;2*1H/t9-,10+,13?;;. The van der Waals surface area contributed by atoms with E-state index in [9.17, 15) is 13.2 Å². The Morgan fingerprint density at radius 1 is 1.14 bits per heavy atom. The number of hydrogen-bond donors (Lipinski definition) is 1. The van der Waals surface area contributed by atoms with E-state index in [1.807, 2.05) is 4.90 Å². The van der Waals surface area contributed by atoms with Gasteiger partial charge in [0.2, 0.25) is 0 Å². The van der Waals surface area contributed by atoms with Gasteiger partial charge in [-0.3, -0.25) is 0 Å². The van der Waals surface area contributed by atoms with Gasteiger partial charge in [0.15, 0.2) is 0 Å². The number of nitrogens with zero attached hydrogens (tertiary/aromatic N) is 2. The first kappa shape index (κ1) is 19.3. The molecule has 22 heavy (non-hydrogen) atoms. The fourth-order valence-corrected chi connectivity index (χ4v) is 3.43. The minimum atomic E-state index is -4.33. The molecule has 2 heterocycles. The predicted molar refractivity (Wildman–Crippen MR) is 84.9 cm³/mol. The summed E-state index contributed by atoms with van der Waals surface area (Å²) >= 11 is 0. The molecule has 3 rings (SSSR count). The Morgan fingerprint density at radius 3 is 2.18 bits per heavy atom. The summed E-state index contributed by atoms with van der Waals surface area (Å²) in [5.74, 6) is 1.19. The second kappa shape index (κ2) is 6.81. The third-order valence-electron chi connectivity index (χ3n) is 4.50. The van der Waals surface area contributed by atoms with Crippen LogP contribution in [0.5, 0.6) is 0 Å². The summed E-state index contributed by atoms with van der Waals surface area (Å²) in [6.07, 6.45) is -2.19. The van der Waals surface area contributed by atoms with Crippen LogP contribution in [0.3, 0.4) is 0 Å². The number of alkyl halides is 3. The number of anilines is 1. The zero-order valence-corrected chi connectivity index (χ0v) is 13.8. The van der Waals surface area contributed by atoms with Crippen LogP contribution in [0.15, 0.2) is 12.1 Å². The lowest BCUT2D eigenvalue weighted by atomic mass is 9.93. The molecule has 1 aromatic rings. The largest absolute Gasteiger partial charge is 0.416 e. The van der Waals surface area contributed by atoms with Crippen molar-refractivity contribution in [2.75, 3.05) is 18.0 Å². The maximum atomic E-state index is 12.9. The molecule has 2 fully saturated rings. The van der Waals surface area contributed by atoms with Gasteiger partial charge >= 0.3 is 6.18 Å². The highest BCUT2D eigenvalue weighted by Gasteiger charge is 2.40. The summed E-state index contributed by atoms with van der Waals surface area (Å²) in [5, 5.41) is 0. The third-order valence-corrected chi connectivity index (χ3v) is 4.50. The van der Waals surface area contributed by atoms with Gasteiger partial charge in [0.1, 0.15) is 5.82 Å². The van der Waals surface area contributed by atoms with Crippen LogP contribution in [-0.4, -0.2) is 24.1 Å².